The molecule has 0 saturated carbocycles. The van der Waals surface area contributed by atoms with Crippen LogP contribution in [0, 0.1) is 0 Å². The largest absolute Gasteiger partial charge is 0.413 e. The van der Waals surface area contributed by atoms with Crippen LogP contribution in [0.1, 0.15) is 6.42 Å². The van der Waals surface area contributed by atoms with Crippen molar-refractivity contribution in [1.29, 1.82) is 0 Å². The van der Waals surface area contributed by atoms with Gasteiger partial charge in [-0.05, 0) is 6.08 Å². The molecule has 0 saturated heterocycles. The van der Waals surface area contributed by atoms with Gasteiger partial charge in [0.25, 0.3) is 0 Å². The van der Waals surface area contributed by atoms with Gasteiger partial charge in [-0.2, -0.15) is 0 Å². The van der Waals surface area contributed by atoms with Crippen molar-refractivity contribution in [1.82, 2.24) is 0 Å². The van der Waals surface area contributed by atoms with Crippen LogP contribution >= 0.6 is 11.6 Å². The highest BCUT2D eigenvalue weighted by atomic mass is 35.5. The molecule has 0 aliphatic heterocycles. The van der Waals surface area contributed by atoms with E-state index in [1.54, 1.807) is 18.1 Å². The molecule has 0 heterocycles. The van der Waals surface area contributed by atoms with Gasteiger partial charge in [0.2, 0.25) is 0 Å². The maximum absolute atomic E-state index is 10.3. The third-order valence-corrected chi connectivity index (χ3v) is 1.39. The highest BCUT2D eigenvalue weighted by Crippen LogP contribution is 2.18. The lowest BCUT2D eigenvalue weighted by Crippen LogP contribution is -2.00. The van der Waals surface area contributed by atoms with Crippen molar-refractivity contribution in [3.05, 3.63) is 29.6 Å². The van der Waals surface area contributed by atoms with Gasteiger partial charge >= 0.3 is 5.43 Å². The number of hydrogen-bond acceptors (Lipinski definition) is 3. The molecule has 0 spiro atoms. The highest BCUT2D eigenvalue weighted by molar-refractivity contribution is 6.61. The highest BCUT2D eigenvalue weighted by Gasteiger charge is 2.11. The minimum atomic E-state index is -0.954. The Hall–Kier alpha value is -1.31. The van der Waals surface area contributed by atoms with Crippen LogP contribution in [0.2, 0.25) is 0 Å². The van der Waals surface area contributed by atoms with Crippen LogP contribution in [0.25, 0.3) is 0 Å². The maximum atomic E-state index is 10.3. The molecule has 1 rings (SSSR count). The Morgan fingerprint density at radius 3 is 3.00 bits per heavy atom. The number of hydrogen-bond donors (Lipinski definition) is 0. The Balaban J connectivity index is 2.84. The van der Waals surface area contributed by atoms with Crippen molar-refractivity contribution < 1.29 is 14.3 Å². The van der Waals surface area contributed by atoms with E-state index >= 15 is 0 Å². The molecule has 62 valence electrons. The predicted octanol–water partition coefficient (Wildman–Crippen LogP) is 1.96. The van der Waals surface area contributed by atoms with Gasteiger partial charge in [-0.15, -0.1) is 0 Å². The molecule has 1 aliphatic carbocycles. The van der Waals surface area contributed by atoms with Crippen LogP contribution in [0.15, 0.2) is 29.6 Å². The Kier molecular flexibility index (Phi) is 2.86. The van der Waals surface area contributed by atoms with Crippen molar-refractivity contribution in [2.45, 2.75) is 6.42 Å². The van der Waals surface area contributed by atoms with E-state index in [0.717, 1.165) is 0 Å². The van der Waals surface area contributed by atoms with E-state index in [1.807, 2.05) is 0 Å². The summed E-state index contributed by atoms with van der Waals surface area (Å²) in [5, 5.41) is 0. The molecule has 0 atom stereocenters. The van der Waals surface area contributed by atoms with Crippen molar-refractivity contribution in [2.24, 2.45) is 0 Å². The van der Waals surface area contributed by atoms with E-state index in [2.05, 4.69) is 4.74 Å². The van der Waals surface area contributed by atoms with Gasteiger partial charge in [0.15, 0.2) is 0 Å². The van der Waals surface area contributed by atoms with E-state index in [1.165, 1.54) is 6.08 Å². The molecule has 0 aromatic carbocycles. The fraction of sp³-hybridized carbons (Fsp3) is 0.125. The summed E-state index contributed by atoms with van der Waals surface area (Å²) in [5.41, 5.74) is -0.657. The Bertz CT molecular complexity index is 308. The number of halogens is 1. The average Bonchev–Trinajstić information content (AvgIpc) is 2.04. The number of allylic oxidation sites excluding steroid dienone is 4. The van der Waals surface area contributed by atoms with Crippen LogP contribution in [-0.2, 0) is 9.53 Å². The van der Waals surface area contributed by atoms with Gasteiger partial charge in [0.05, 0.1) is 5.57 Å². The molecule has 0 fully saturated rings. The molecule has 0 amide bonds. The minimum Gasteiger partial charge on any atom is -0.413 e. The minimum absolute atomic E-state index is 0.174. The normalized spacial score (nSPS) is 15.1. The number of ether oxygens (including phenoxy) is 1. The third kappa shape index (κ3) is 2.09. The average molecular weight is 185 g/mol. The van der Waals surface area contributed by atoms with E-state index < -0.39 is 5.43 Å². The van der Waals surface area contributed by atoms with Crippen LogP contribution in [0.3, 0.4) is 0 Å². The summed E-state index contributed by atoms with van der Waals surface area (Å²) >= 11 is 4.96. The molecule has 0 unspecified atom stereocenters. The molecular formula is C8H5ClO3. The topological polar surface area (TPSA) is 43.4 Å². The summed E-state index contributed by atoms with van der Waals surface area (Å²) in [5.74, 6) is 1.84. The van der Waals surface area contributed by atoms with E-state index in [4.69, 9.17) is 11.6 Å². The lowest BCUT2D eigenvalue weighted by molar-refractivity contribution is 0.205. The molecule has 4 heteroatoms. The number of carbonyl (C=O) groups is 1. The zero-order valence-corrected chi connectivity index (χ0v) is 6.80. The van der Waals surface area contributed by atoms with Crippen molar-refractivity contribution in [3.63, 3.8) is 0 Å². The SMILES string of the molecule is O=C=C1CC=CC=C1OC(=O)Cl. The van der Waals surface area contributed by atoms with E-state index in [9.17, 15) is 9.59 Å². The number of rotatable bonds is 1. The summed E-state index contributed by atoms with van der Waals surface area (Å²) in [4.78, 5) is 20.6. The van der Waals surface area contributed by atoms with E-state index in [-0.39, 0.29) is 5.76 Å². The second kappa shape index (κ2) is 3.90. The van der Waals surface area contributed by atoms with Crippen molar-refractivity contribution in [2.75, 3.05) is 0 Å². The Morgan fingerprint density at radius 2 is 2.42 bits per heavy atom. The van der Waals surface area contributed by atoms with Crippen molar-refractivity contribution in [3.8, 4) is 0 Å². The van der Waals surface area contributed by atoms with E-state index in [0.29, 0.717) is 12.0 Å². The molecule has 3 nitrogen and oxygen atoms in total. The van der Waals surface area contributed by atoms with Crippen LogP contribution in [0.4, 0.5) is 4.79 Å². The quantitative estimate of drug-likeness (QED) is 0.462. The zero-order valence-electron chi connectivity index (χ0n) is 6.04. The smallest absolute Gasteiger partial charge is 0.409 e. The van der Waals surface area contributed by atoms with Crippen LogP contribution in [0.5, 0.6) is 0 Å². The first-order valence-corrected chi connectivity index (χ1v) is 3.60. The fourth-order valence-electron chi connectivity index (χ4n) is 0.817. The molecule has 0 radical (unpaired) electrons. The Labute approximate surface area is 74.0 Å². The second-order valence-electron chi connectivity index (χ2n) is 2.08. The summed E-state index contributed by atoms with van der Waals surface area (Å²) in [6.07, 6.45) is 5.34. The summed E-state index contributed by atoms with van der Waals surface area (Å²) in [7, 11) is 0. The summed E-state index contributed by atoms with van der Waals surface area (Å²) in [6, 6.07) is 0. The van der Waals surface area contributed by atoms with Gasteiger partial charge in [-0.3, -0.25) is 0 Å². The first-order chi connectivity index (χ1) is 5.74. The van der Waals surface area contributed by atoms with Gasteiger partial charge in [0.1, 0.15) is 11.7 Å². The molecule has 0 aromatic heterocycles. The lowest BCUT2D eigenvalue weighted by atomic mass is 10.1. The van der Waals surface area contributed by atoms with Crippen molar-refractivity contribution >= 4 is 23.0 Å². The standard InChI is InChI=1S/C8H5ClO3/c9-8(11)12-7-4-2-1-3-6(7)5-10/h1-2,4H,3H2. The van der Waals surface area contributed by atoms with Gasteiger partial charge in [-0.1, -0.05) is 12.2 Å². The summed E-state index contributed by atoms with van der Waals surface area (Å²) < 4.78 is 4.53. The first kappa shape index (κ1) is 8.78. The fourth-order valence-corrected chi connectivity index (χ4v) is 0.900. The van der Waals surface area contributed by atoms with Crippen LogP contribution in [-0.4, -0.2) is 11.4 Å². The van der Waals surface area contributed by atoms with Gasteiger partial charge in [-0.25, -0.2) is 9.59 Å². The second-order valence-corrected chi connectivity index (χ2v) is 2.39. The molecule has 1 aliphatic rings. The number of carbonyl (C=O) groups excluding carboxylic acids is 2. The molecule has 0 N–H and O–H groups in total. The third-order valence-electron chi connectivity index (χ3n) is 1.32. The van der Waals surface area contributed by atoms with Crippen LogP contribution < -0.4 is 0 Å². The van der Waals surface area contributed by atoms with Gasteiger partial charge in [0, 0.05) is 18.0 Å². The molecular weight excluding hydrogens is 180 g/mol. The molecule has 12 heavy (non-hydrogen) atoms. The zero-order chi connectivity index (χ0) is 8.97. The van der Waals surface area contributed by atoms with Gasteiger partial charge < -0.3 is 4.74 Å². The molecule has 0 aromatic rings. The lowest BCUT2D eigenvalue weighted by Gasteiger charge is -2.07. The molecule has 0 bridgehead atoms. The predicted molar refractivity (Wildman–Crippen MR) is 43.4 cm³/mol. The first-order valence-electron chi connectivity index (χ1n) is 3.22. The monoisotopic (exact) mass is 184 g/mol. The maximum Gasteiger partial charge on any atom is 0.409 e. The Morgan fingerprint density at radius 1 is 1.67 bits per heavy atom. The summed E-state index contributed by atoms with van der Waals surface area (Å²) in [6.45, 7) is 0.